The van der Waals surface area contributed by atoms with Gasteiger partial charge in [0.25, 0.3) is 6.43 Å². The quantitative estimate of drug-likeness (QED) is 0.620. The molecule has 0 saturated heterocycles. The lowest BCUT2D eigenvalue weighted by Gasteiger charge is -2.08. The number of nitriles is 1. The number of ether oxygens (including phenoxy) is 1. The van der Waals surface area contributed by atoms with E-state index in [9.17, 15) is 13.6 Å². The van der Waals surface area contributed by atoms with Gasteiger partial charge in [-0.2, -0.15) is 5.26 Å². The number of aromatic nitrogens is 1. The highest BCUT2D eigenvalue weighted by Gasteiger charge is 2.22. The molecule has 0 unspecified atom stereocenters. The van der Waals surface area contributed by atoms with Crippen molar-refractivity contribution >= 4 is 28.6 Å². The van der Waals surface area contributed by atoms with Gasteiger partial charge in [-0.25, -0.2) is 18.6 Å². The number of esters is 1. The largest absolute Gasteiger partial charge is 0.461 e. The van der Waals surface area contributed by atoms with Gasteiger partial charge in [-0.1, -0.05) is 0 Å². The molecule has 0 aromatic carbocycles. The molecule has 0 atom stereocenters. The standard InChI is InChI=1S/C10H7F2IN2O2/c1-2-17-10(16)8-7(13)5(3-14)6(4-15-8)9(11)12/h4,9H,2H2,1H3. The summed E-state index contributed by atoms with van der Waals surface area (Å²) in [7, 11) is 0. The topological polar surface area (TPSA) is 63.0 Å². The molecule has 0 aliphatic heterocycles. The first-order chi connectivity index (χ1) is 8.02. The Balaban J connectivity index is 3.31. The summed E-state index contributed by atoms with van der Waals surface area (Å²) < 4.78 is 29.9. The van der Waals surface area contributed by atoms with E-state index < -0.39 is 18.0 Å². The molecule has 0 radical (unpaired) electrons. The molecule has 1 heterocycles. The van der Waals surface area contributed by atoms with Crippen molar-refractivity contribution in [3.05, 3.63) is 26.6 Å². The minimum atomic E-state index is -2.80. The Labute approximate surface area is 110 Å². The number of hydrogen-bond donors (Lipinski definition) is 0. The number of rotatable bonds is 3. The van der Waals surface area contributed by atoms with Crippen LogP contribution in [0.5, 0.6) is 0 Å². The Kier molecular flexibility index (Phi) is 4.74. The third-order valence-electron chi connectivity index (χ3n) is 1.86. The highest BCUT2D eigenvalue weighted by molar-refractivity contribution is 14.1. The average Bonchev–Trinajstić information content (AvgIpc) is 2.28. The fraction of sp³-hybridized carbons (Fsp3) is 0.300. The molecular formula is C10H7F2IN2O2. The molecule has 4 nitrogen and oxygen atoms in total. The third-order valence-corrected chi connectivity index (χ3v) is 2.91. The van der Waals surface area contributed by atoms with E-state index >= 15 is 0 Å². The molecule has 0 aliphatic rings. The zero-order chi connectivity index (χ0) is 13.0. The van der Waals surface area contributed by atoms with E-state index in [0.29, 0.717) is 0 Å². The maximum absolute atomic E-state index is 12.6. The van der Waals surface area contributed by atoms with Gasteiger partial charge in [-0.05, 0) is 29.5 Å². The normalized spacial score (nSPS) is 10.1. The molecule has 0 fully saturated rings. The van der Waals surface area contributed by atoms with Crippen molar-refractivity contribution in [2.45, 2.75) is 13.3 Å². The number of carbonyl (C=O) groups excluding carboxylic acids is 1. The van der Waals surface area contributed by atoms with Crippen molar-refractivity contribution in [1.29, 1.82) is 5.26 Å². The lowest BCUT2D eigenvalue weighted by atomic mass is 10.1. The molecule has 0 N–H and O–H groups in total. The fourth-order valence-corrected chi connectivity index (χ4v) is 1.91. The zero-order valence-electron chi connectivity index (χ0n) is 8.71. The van der Waals surface area contributed by atoms with Gasteiger partial charge < -0.3 is 4.74 Å². The highest BCUT2D eigenvalue weighted by Crippen LogP contribution is 2.27. The fourth-order valence-electron chi connectivity index (χ4n) is 1.12. The Bertz CT molecular complexity index is 486. The maximum Gasteiger partial charge on any atom is 0.358 e. The van der Waals surface area contributed by atoms with Gasteiger partial charge in [-0.3, -0.25) is 0 Å². The molecule has 0 spiro atoms. The van der Waals surface area contributed by atoms with Gasteiger partial charge in [0.1, 0.15) is 6.07 Å². The van der Waals surface area contributed by atoms with Crippen LogP contribution in [0.3, 0.4) is 0 Å². The Morgan fingerprint density at radius 3 is 2.82 bits per heavy atom. The summed E-state index contributed by atoms with van der Waals surface area (Å²) in [6.45, 7) is 1.76. The number of nitrogens with zero attached hydrogens (tertiary/aromatic N) is 2. The molecule has 1 rings (SSSR count). The first-order valence-electron chi connectivity index (χ1n) is 4.56. The Hall–Kier alpha value is -1.30. The predicted octanol–water partition coefficient (Wildman–Crippen LogP) is 2.67. The molecule has 0 amide bonds. The van der Waals surface area contributed by atoms with E-state index in [4.69, 9.17) is 10.00 Å². The van der Waals surface area contributed by atoms with Gasteiger partial charge in [-0.15, -0.1) is 0 Å². The molecular weight excluding hydrogens is 345 g/mol. The lowest BCUT2D eigenvalue weighted by Crippen LogP contribution is -2.12. The minimum absolute atomic E-state index is 0.0846. The van der Waals surface area contributed by atoms with Crippen LogP contribution in [-0.4, -0.2) is 17.6 Å². The summed E-state index contributed by atoms with van der Waals surface area (Å²) in [6, 6.07) is 1.65. The molecule has 1 aromatic rings. The van der Waals surface area contributed by atoms with Gasteiger partial charge in [0.05, 0.1) is 21.3 Å². The molecule has 0 bridgehead atoms. The van der Waals surface area contributed by atoms with Crippen molar-refractivity contribution in [1.82, 2.24) is 4.98 Å². The molecule has 1 aromatic heterocycles. The van der Waals surface area contributed by atoms with Crippen LogP contribution >= 0.6 is 22.6 Å². The van der Waals surface area contributed by atoms with Crippen molar-refractivity contribution in [2.75, 3.05) is 6.61 Å². The second-order valence-electron chi connectivity index (χ2n) is 2.88. The second-order valence-corrected chi connectivity index (χ2v) is 3.96. The molecule has 0 aliphatic carbocycles. The summed E-state index contributed by atoms with van der Waals surface area (Å²) in [4.78, 5) is 15.0. The van der Waals surface area contributed by atoms with Crippen molar-refractivity contribution in [3.8, 4) is 6.07 Å². The van der Waals surface area contributed by atoms with Crippen molar-refractivity contribution in [3.63, 3.8) is 0 Å². The van der Waals surface area contributed by atoms with Crippen molar-refractivity contribution in [2.24, 2.45) is 0 Å². The van der Waals surface area contributed by atoms with Crippen LogP contribution in [0.4, 0.5) is 8.78 Å². The van der Waals surface area contributed by atoms with E-state index in [-0.39, 0.29) is 21.4 Å². The van der Waals surface area contributed by atoms with E-state index in [1.165, 1.54) is 0 Å². The Morgan fingerprint density at radius 1 is 1.71 bits per heavy atom. The van der Waals surface area contributed by atoms with Crippen LogP contribution < -0.4 is 0 Å². The van der Waals surface area contributed by atoms with E-state index in [1.807, 2.05) is 0 Å². The first-order valence-corrected chi connectivity index (χ1v) is 5.64. The molecule has 0 saturated carbocycles. The van der Waals surface area contributed by atoms with Crippen molar-refractivity contribution < 1.29 is 18.3 Å². The average molecular weight is 352 g/mol. The van der Waals surface area contributed by atoms with E-state index in [0.717, 1.165) is 6.20 Å². The number of pyridine rings is 1. The predicted molar refractivity (Wildman–Crippen MR) is 62.6 cm³/mol. The van der Waals surface area contributed by atoms with Gasteiger partial charge in [0.2, 0.25) is 0 Å². The molecule has 7 heteroatoms. The van der Waals surface area contributed by atoms with Gasteiger partial charge in [0.15, 0.2) is 5.69 Å². The lowest BCUT2D eigenvalue weighted by molar-refractivity contribution is 0.0517. The molecule has 90 valence electrons. The van der Waals surface area contributed by atoms with E-state index in [1.54, 1.807) is 35.6 Å². The zero-order valence-corrected chi connectivity index (χ0v) is 10.9. The first kappa shape index (κ1) is 13.8. The van der Waals surface area contributed by atoms with E-state index in [2.05, 4.69) is 4.98 Å². The van der Waals surface area contributed by atoms with Crippen LogP contribution in [0, 0.1) is 14.9 Å². The third kappa shape index (κ3) is 2.88. The number of hydrogen-bond acceptors (Lipinski definition) is 4. The smallest absolute Gasteiger partial charge is 0.358 e. The van der Waals surface area contributed by atoms with Crippen LogP contribution in [0.1, 0.15) is 35.0 Å². The maximum atomic E-state index is 12.6. The summed E-state index contributed by atoms with van der Waals surface area (Å²) in [5.74, 6) is -0.728. The summed E-state index contributed by atoms with van der Waals surface area (Å²) in [5, 5.41) is 8.82. The van der Waals surface area contributed by atoms with Crippen LogP contribution in [-0.2, 0) is 4.74 Å². The Morgan fingerprint density at radius 2 is 2.35 bits per heavy atom. The SMILES string of the molecule is CCOC(=O)c1ncc(C(F)F)c(C#N)c1I. The molecule has 17 heavy (non-hydrogen) atoms. The van der Waals surface area contributed by atoms with Crippen LogP contribution in [0.15, 0.2) is 6.20 Å². The van der Waals surface area contributed by atoms with Gasteiger partial charge in [0, 0.05) is 6.20 Å². The minimum Gasteiger partial charge on any atom is -0.461 e. The van der Waals surface area contributed by atoms with Crippen LogP contribution in [0.25, 0.3) is 0 Å². The second kappa shape index (κ2) is 5.86. The monoisotopic (exact) mass is 352 g/mol. The number of carbonyl (C=O) groups is 1. The summed E-state index contributed by atoms with van der Waals surface area (Å²) >= 11 is 1.64. The summed E-state index contributed by atoms with van der Waals surface area (Å²) in [6.07, 6.45) is -1.97. The number of alkyl halides is 2. The van der Waals surface area contributed by atoms with Gasteiger partial charge >= 0.3 is 5.97 Å². The summed E-state index contributed by atoms with van der Waals surface area (Å²) in [5.41, 5.74) is -0.836. The highest BCUT2D eigenvalue weighted by atomic mass is 127. The van der Waals surface area contributed by atoms with Crippen LogP contribution in [0.2, 0.25) is 0 Å². The number of halogens is 3.